The predicted molar refractivity (Wildman–Crippen MR) is 96.5 cm³/mol. The van der Waals surface area contributed by atoms with Crippen molar-refractivity contribution in [2.45, 2.75) is 45.1 Å². The lowest BCUT2D eigenvalue weighted by atomic mass is 9.91. The summed E-state index contributed by atoms with van der Waals surface area (Å²) in [5, 5.41) is 9.30. The Kier molecular flexibility index (Phi) is 6.17. The molecule has 2 rings (SSSR count). The Labute approximate surface area is 146 Å². The van der Waals surface area contributed by atoms with Crippen molar-refractivity contribution in [3.63, 3.8) is 0 Å². The van der Waals surface area contributed by atoms with Gasteiger partial charge in [0.05, 0.1) is 11.6 Å². The minimum Gasteiger partial charge on any atom is -0.453 e. The molecule has 0 aromatic carbocycles. The molecule has 23 heavy (non-hydrogen) atoms. The van der Waals surface area contributed by atoms with E-state index >= 15 is 0 Å². The molecule has 1 aliphatic heterocycles. The van der Waals surface area contributed by atoms with Gasteiger partial charge in [0, 0.05) is 24.9 Å². The molecule has 4 N–H and O–H groups in total. The van der Waals surface area contributed by atoms with Crippen LogP contribution in [0.3, 0.4) is 0 Å². The summed E-state index contributed by atoms with van der Waals surface area (Å²) in [4.78, 5) is 16.6. The Morgan fingerprint density at radius 3 is 3.09 bits per heavy atom. The van der Waals surface area contributed by atoms with Gasteiger partial charge in [0.2, 0.25) is 0 Å². The van der Waals surface area contributed by atoms with Crippen molar-refractivity contribution in [1.82, 2.24) is 10.3 Å². The second-order valence-corrected chi connectivity index (χ2v) is 7.25. The lowest BCUT2D eigenvalue weighted by Crippen LogP contribution is -2.30. The van der Waals surface area contributed by atoms with Gasteiger partial charge in [-0.15, -0.1) is 11.3 Å². The molecule has 0 aliphatic carbocycles. The van der Waals surface area contributed by atoms with Crippen LogP contribution in [-0.4, -0.2) is 29.2 Å². The zero-order valence-corrected chi connectivity index (χ0v) is 15.2. The van der Waals surface area contributed by atoms with Crippen LogP contribution in [0.2, 0.25) is 0 Å². The van der Waals surface area contributed by atoms with Crippen LogP contribution in [0.15, 0.2) is 5.38 Å². The fourth-order valence-corrected chi connectivity index (χ4v) is 3.68. The molecule has 0 radical (unpaired) electrons. The van der Waals surface area contributed by atoms with Gasteiger partial charge >= 0.3 is 5.97 Å². The van der Waals surface area contributed by atoms with Crippen LogP contribution in [-0.2, 0) is 15.1 Å². The average molecular weight is 357 g/mol. The van der Waals surface area contributed by atoms with Crippen LogP contribution in [0.1, 0.15) is 45.2 Å². The summed E-state index contributed by atoms with van der Waals surface area (Å²) in [5.74, 6) is -0.102. The van der Waals surface area contributed by atoms with Crippen molar-refractivity contribution in [3.8, 4) is 0 Å². The number of hydrogen-bond acceptors (Lipinski definition) is 6. The largest absolute Gasteiger partial charge is 0.453 e. The van der Waals surface area contributed by atoms with Crippen LogP contribution >= 0.6 is 23.6 Å². The monoisotopic (exact) mass is 356 g/mol. The van der Waals surface area contributed by atoms with Crippen molar-refractivity contribution < 1.29 is 9.53 Å². The summed E-state index contributed by atoms with van der Waals surface area (Å²) in [5.41, 5.74) is 5.60. The summed E-state index contributed by atoms with van der Waals surface area (Å²) in [6, 6.07) is 0. The van der Waals surface area contributed by atoms with Gasteiger partial charge in [-0.1, -0.05) is 13.3 Å². The number of anilines is 1. The van der Waals surface area contributed by atoms with E-state index in [-0.39, 0.29) is 11.9 Å². The van der Waals surface area contributed by atoms with E-state index < -0.39 is 5.60 Å². The van der Waals surface area contributed by atoms with E-state index in [1.54, 1.807) is 0 Å². The molecule has 0 amide bonds. The molecule has 2 unspecified atom stereocenters. The van der Waals surface area contributed by atoms with E-state index in [1.807, 2.05) is 12.3 Å². The first kappa shape index (κ1) is 17.9. The van der Waals surface area contributed by atoms with Gasteiger partial charge in [0.15, 0.2) is 15.8 Å². The topological polar surface area (TPSA) is 89.3 Å². The van der Waals surface area contributed by atoms with Gasteiger partial charge in [0.25, 0.3) is 0 Å². The third-order valence-electron chi connectivity index (χ3n) is 3.91. The number of rotatable bonds is 8. The first-order chi connectivity index (χ1) is 10.9. The number of thiazole rings is 1. The average Bonchev–Trinajstić information content (AvgIpc) is 3.05. The molecule has 1 fully saturated rings. The molecule has 1 aliphatic rings. The van der Waals surface area contributed by atoms with E-state index in [9.17, 15) is 4.79 Å². The van der Waals surface area contributed by atoms with E-state index in [0.29, 0.717) is 11.5 Å². The highest BCUT2D eigenvalue weighted by atomic mass is 32.1. The quantitative estimate of drug-likeness (QED) is 0.374. The smallest absolute Gasteiger partial charge is 0.310 e. The zero-order chi connectivity index (χ0) is 16.9. The highest BCUT2D eigenvalue weighted by Gasteiger charge is 2.45. The molecular formula is C15H24N4O2S2. The first-order valence-corrected chi connectivity index (χ1v) is 9.19. The van der Waals surface area contributed by atoms with Crippen LogP contribution in [0.25, 0.3) is 0 Å². The van der Waals surface area contributed by atoms with Gasteiger partial charge in [0.1, 0.15) is 0 Å². The number of nitrogens with one attached hydrogen (secondary N) is 2. The molecule has 0 spiro atoms. The van der Waals surface area contributed by atoms with Gasteiger partial charge < -0.3 is 21.1 Å². The zero-order valence-electron chi connectivity index (χ0n) is 13.6. The van der Waals surface area contributed by atoms with Gasteiger partial charge in [-0.25, -0.2) is 4.98 Å². The van der Waals surface area contributed by atoms with Crippen LogP contribution < -0.4 is 16.4 Å². The first-order valence-electron chi connectivity index (χ1n) is 7.90. The summed E-state index contributed by atoms with van der Waals surface area (Å²) >= 11 is 6.28. The molecule has 0 bridgehead atoms. The van der Waals surface area contributed by atoms with Crippen molar-refractivity contribution in [2.24, 2.45) is 11.7 Å². The molecule has 2 heterocycles. The Morgan fingerprint density at radius 1 is 1.61 bits per heavy atom. The maximum atomic E-state index is 12.0. The standard InChI is InChI=1S/C15H24N4O2S2/c1-3-5-10-8-15(2,21-12(10)20)11-9-23-14(19-11)18-7-4-6-17-13(16)22/h9-10H,3-8H2,1-2H3,(H,18,19)(H3,16,17,22). The normalized spacial score (nSPS) is 23.6. The summed E-state index contributed by atoms with van der Waals surface area (Å²) in [6.07, 6.45) is 3.46. The maximum Gasteiger partial charge on any atom is 0.310 e. The molecule has 0 saturated carbocycles. The predicted octanol–water partition coefficient (Wildman–Crippen LogP) is 2.36. The second-order valence-electron chi connectivity index (χ2n) is 5.95. The minimum absolute atomic E-state index is 0.00529. The van der Waals surface area contributed by atoms with Crippen LogP contribution in [0.5, 0.6) is 0 Å². The van der Waals surface area contributed by atoms with E-state index in [1.165, 1.54) is 11.3 Å². The number of carbonyl (C=O) groups excluding carboxylic acids is 1. The third kappa shape index (κ3) is 4.78. The Morgan fingerprint density at radius 2 is 2.39 bits per heavy atom. The number of esters is 1. The summed E-state index contributed by atoms with van der Waals surface area (Å²) in [7, 11) is 0. The molecule has 128 valence electrons. The highest BCUT2D eigenvalue weighted by molar-refractivity contribution is 7.80. The van der Waals surface area contributed by atoms with Crippen molar-refractivity contribution in [3.05, 3.63) is 11.1 Å². The van der Waals surface area contributed by atoms with Gasteiger partial charge in [-0.05, 0) is 32.0 Å². The molecule has 8 heteroatoms. The van der Waals surface area contributed by atoms with Gasteiger partial charge in [-0.2, -0.15) is 0 Å². The minimum atomic E-state index is -0.597. The number of aromatic nitrogens is 1. The Hall–Kier alpha value is -1.41. The van der Waals surface area contributed by atoms with Gasteiger partial charge in [-0.3, -0.25) is 4.79 Å². The summed E-state index contributed by atoms with van der Waals surface area (Å²) < 4.78 is 5.62. The van der Waals surface area contributed by atoms with Crippen molar-refractivity contribution in [2.75, 3.05) is 18.4 Å². The number of hydrogen-bond donors (Lipinski definition) is 3. The highest BCUT2D eigenvalue weighted by Crippen LogP contribution is 2.41. The number of nitrogens with zero attached hydrogens (tertiary/aromatic N) is 1. The number of ether oxygens (including phenoxy) is 1. The van der Waals surface area contributed by atoms with Crippen molar-refractivity contribution >= 4 is 39.8 Å². The molecule has 1 saturated heterocycles. The lowest BCUT2D eigenvalue weighted by Gasteiger charge is -2.19. The summed E-state index contributed by atoms with van der Waals surface area (Å²) in [6.45, 7) is 5.54. The molecule has 1 aromatic heterocycles. The number of thiocarbonyl (C=S) groups is 1. The molecular weight excluding hydrogens is 332 g/mol. The second kappa shape index (κ2) is 7.92. The number of nitrogens with two attached hydrogens (primary N) is 1. The Bertz CT molecular complexity index is 563. The fourth-order valence-electron chi connectivity index (χ4n) is 2.72. The van der Waals surface area contributed by atoms with Crippen LogP contribution in [0, 0.1) is 5.92 Å². The van der Waals surface area contributed by atoms with Crippen LogP contribution in [0.4, 0.5) is 5.13 Å². The molecule has 2 atom stereocenters. The van der Waals surface area contributed by atoms with E-state index in [4.69, 9.17) is 22.7 Å². The van der Waals surface area contributed by atoms with Crippen molar-refractivity contribution in [1.29, 1.82) is 0 Å². The van der Waals surface area contributed by atoms with E-state index in [0.717, 1.165) is 43.2 Å². The Balaban J connectivity index is 1.86. The molecule has 6 nitrogen and oxygen atoms in total. The third-order valence-corrected chi connectivity index (χ3v) is 4.85. The SMILES string of the molecule is CCCC1CC(C)(c2csc(NCCCNC(N)=S)n2)OC1=O. The van der Waals surface area contributed by atoms with E-state index in [2.05, 4.69) is 22.5 Å². The number of carbonyl (C=O) groups is 1. The lowest BCUT2D eigenvalue weighted by molar-refractivity contribution is -0.150. The molecule has 1 aromatic rings. The fraction of sp³-hybridized carbons (Fsp3) is 0.667. The maximum absolute atomic E-state index is 12.0. The number of cyclic esters (lactones) is 1.